The molecule has 0 unspecified atom stereocenters. The number of nitrogens with zero attached hydrogens (tertiary/aromatic N) is 3. The molecule has 1 aromatic rings. The number of aromatic nitrogens is 2. The van der Waals surface area contributed by atoms with Gasteiger partial charge in [0.2, 0.25) is 0 Å². The summed E-state index contributed by atoms with van der Waals surface area (Å²) in [6.45, 7) is 2.29. The van der Waals surface area contributed by atoms with E-state index < -0.39 is 5.97 Å². The summed E-state index contributed by atoms with van der Waals surface area (Å²) in [5, 5.41) is 8.78. The molecule has 0 aliphatic heterocycles. The summed E-state index contributed by atoms with van der Waals surface area (Å²) in [6.07, 6.45) is 7.69. The van der Waals surface area contributed by atoms with Gasteiger partial charge in [0.25, 0.3) is 0 Å². The summed E-state index contributed by atoms with van der Waals surface area (Å²) in [5.41, 5.74) is -0.00980. The van der Waals surface area contributed by atoms with E-state index in [1.54, 1.807) is 6.20 Å². The molecule has 5 heteroatoms. The summed E-state index contributed by atoms with van der Waals surface area (Å²) in [6, 6.07) is 0.492. The lowest BCUT2D eigenvalue weighted by Crippen LogP contribution is -2.35. The van der Waals surface area contributed by atoms with Crippen LogP contribution >= 0.6 is 0 Å². The van der Waals surface area contributed by atoms with E-state index in [9.17, 15) is 4.79 Å². The highest BCUT2D eigenvalue weighted by atomic mass is 16.4. The molecule has 0 amide bonds. The van der Waals surface area contributed by atoms with Crippen LogP contribution in [0.5, 0.6) is 0 Å². The molecular weight excluding hydrogens is 230 g/mol. The number of carboxylic acid groups (broad SMARTS) is 1. The maximum absolute atomic E-state index is 10.7. The molecule has 1 heterocycles. The van der Waals surface area contributed by atoms with Crippen molar-refractivity contribution in [3.05, 3.63) is 18.1 Å². The fourth-order valence-electron chi connectivity index (χ4n) is 2.43. The Labute approximate surface area is 107 Å². The zero-order chi connectivity index (χ0) is 13.1. The molecule has 2 rings (SSSR count). The first-order valence-electron chi connectivity index (χ1n) is 6.36. The van der Waals surface area contributed by atoms with Crippen LogP contribution in [-0.2, 0) is 0 Å². The second kappa shape index (κ2) is 5.33. The van der Waals surface area contributed by atoms with E-state index >= 15 is 0 Å². The van der Waals surface area contributed by atoms with Crippen molar-refractivity contribution in [3.8, 4) is 0 Å². The van der Waals surface area contributed by atoms with Gasteiger partial charge in [-0.2, -0.15) is 0 Å². The minimum absolute atomic E-state index is 0.00980. The number of hydrogen-bond donors (Lipinski definition) is 1. The number of carboxylic acids is 1. The fraction of sp³-hybridized carbons (Fsp3) is 0.615. The first-order valence-corrected chi connectivity index (χ1v) is 6.36. The van der Waals surface area contributed by atoms with Crippen LogP contribution in [0.3, 0.4) is 0 Å². The number of anilines is 1. The Hall–Kier alpha value is -1.65. The molecular formula is C13H19N3O2. The van der Waals surface area contributed by atoms with E-state index in [4.69, 9.17) is 5.11 Å². The van der Waals surface area contributed by atoms with Crippen molar-refractivity contribution < 1.29 is 9.90 Å². The predicted molar refractivity (Wildman–Crippen MR) is 68.8 cm³/mol. The molecule has 1 N–H and O–H groups in total. The topological polar surface area (TPSA) is 66.3 Å². The Morgan fingerprint density at radius 3 is 2.44 bits per heavy atom. The van der Waals surface area contributed by atoms with Gasteiger partial charge < -0.3 is 10.0 Å². The van der Waals surface area contributed by atoms with Crippen molar-refractivity contribution in [2.24, 2.45) is 5.92 Å². The van der Waals surface area contributed by atoms with Crippen LogP contribution in [0.1, 0.15) is 43.1 Å². The molecule has 0 spiro atoms. The molecule has 1 aliphatic carbocycles. The number of hydrogen-bond acceptors (Lipinski definition) is 4. The van der Waals surface area contributed by atoms with Gasteiger partial charge in [-0.05, 0) is 31.6 Å². The van der Waals surface area contributed by atoms with Crippen molar-refractivity contribution >= 4 is 11.8 Å². The highest BCUT2D eigenvalue weighted by molar-refractivity contribution is 5.84. The lowest BCUT2D eigenvalue weighted by molar-refractivity contribution is 0.0690. The van der Waals surface area contributed by atoms with Crippen molar-refractivity contribution in [2.45, 2.75) is 38.6 Å². The summed E-state index contributed by atoms with van der Waals surface area (Å²) in [5.74, 6) is 0.526. The Balaban J connectivity index is 2.04. The van der Waals surface area contributed by atoms with E-state index in [1.165, 1.54) is 31.9 Å². The third-order valence-corrected chi connectivity index (χ3v) is 3.75. The quantitative estimate of drug-likeness (QED) is 0.889. The molecule has 98 valence electrons. The standard InChI is InChI=1S/C13H19N3O2/c1-9-3-5-10(6-4-9)16(2)12-8-14-11(7-15-12)13(17)18/h7-10H,3-6H2,1-2H3,(H,17,18). The van der Waals surface area contributed by atoms with Crippen molar-refractivity contribution in [2.75, 3.05) is 11.9 Å². The normalized spacial score (nSPS) is 23.7. The second-order valence-corrected chi connectivity index (χ2v) is 5.09. The minimum Gasteiger partial charge on any atom is -0.476 e. The molecule has 0 aromatic carbocycles. The van der Waals surface area contributed by atoms with Gasteiger partial charge in [0.1, 0.15) is 5.82 Å². The van der Waals surface area contributed by atoms with Gasteiger partial charge in [0, 0.05) is 13.1 Å². The Morgan fingerprint density at radius 2 is 1.94 bits per heavy atom. The molecule has 1 fully saturated rings. The highest BCUT2D eigenvalue weighted by Gasteiger charge is 2.22. The molecule has 0 atom stereocenters. The summed E-state index contributed by atoms with van der Waals surface area (Å²) >= 11 is 0. The van der Waals surface area contributed by atoms with Crippen LogP contribution < -0.4 is 4.90 Å². The molecule has 1 aromatic heterocycles. The lowest BCUT2D eigenvalue weighted by atomic mass is 9.87. The van der Waals surface area contributed by atoms with Gasteiger partial charge in [0.15, 0.2) is 5.69 Å². The zero-order valence-electron chi connectivity index (χ0n) is 10.8. The van der Waals surface area contributed by atoms with Gasteiger partial charge in [-0.25, -0.2) is 14.8 Å². The van der Waals surface area contributed by atoms with Crippen LogP contribution in [0.25, 0.3) is 0 Å². The number of aromatic carboxylic acids is 1. The van der Waals surface area contributed by atoms with Crippen molar-refractivity contribution in [3.63, 3.8) is 0 Å². The SMILES string of the molecule is CC1CCC(N(C)c2cnc(C(=O)O)cn2)CC1. The maximum Gasteiger partial charge on any atom is 0.356 e. The third kappa shape index (κ3) is 2.78. The summed E-state index contributed by atoms with van der Waals surface area (Å²) in [7, 11) is 2.01. The minimum atomic E-state index is -1.04. The van der Waals surface area contributed by atoms with E-state index in [1.807, 2.05) is 7.05 Å². The molecule has 0 saturated heterocycles. The van der Waals surface area contributed by atoms with Gasteiger partial charge >= 0.3 is 5.97 Å². The molecule has 18 heavy (non-hydrogen) atoms. The molecule has 1 saturated carbocycles. The molecule has 5 nitrogen and oxygen atoms in total. The van der Waals surface area contributed by atoms with Gasteiger partial charge in [-0.3, -0.25) is 0 Å². The van der Waals surface area contributed by atoms with Crippen LogP contribution in [-0.4, -0.2) is 34.1 Å². The van der Waals surface area contributed by atoms with E-state index in [2.05, 4.69) is 21.8 Å². The maximum atomic E-state index is 10.7. The number of rotatable bonds is 3. The number of carbonyl (C=O) groups is 1. The van der Waals surface area contributed by atoms with E-state index in [-0.39, 0.29) is 5.69 Å². The van der Waals surface area contributed by atoms with Crippen LogP contribution in [0.15, 0.2) is 12.4 Å². The van der Waals surface area contributed by atoms with Crippen LogP contribution in [0.4, 0.5) is 5.82 Å². The Bertz CT molecular complexity index is 411. The lowest BCUT2D eigenvalue weighted by Gasteiger charge is -2.34. The van der Waals surface area contributed by atoms with Crippen LogP contribution in [0, 0.1) is 5.92 Å². The zero-order valence-corrected chi connectivity index (χ0v) is 10.8. The van der Waals surface area contributed by atoms with E-state index in [0.29, 0.717) is 6.04 Å². The average Bonchev–Trinajstić information content (AvgIpc) is 2.39. The highest BCUT2D eigenvalue weighted by Crippen LogP contribution is 2.28. The average molecular weight is 249 g/mol. The third-order valence-electron chi connectivity index (χ3n) is 3.75. The van der Waals surface area contributed by atoms with Crippen molar-refractivity contribution in [1.29, 1.82) is 0 Å². The first kappa shape index (κ1) is 12.8. The predicted octanol–water partition coefficient (Wildman–Crippen LogP) is 2.19. The smallest absolute Gasteiger partial charge is 0.356 e. The first-order chi connectivity index (χ1) is 8.58. The van der Waals surface area contributed by atoms with Gasteiger partial charge in [-0.1, -0.05) is 6.92 Å². The fourth-order valence-corrected chi connectivity index (χ4v) is 2.43. The molecule has 0 bridgehead atoms. The molecule has 1 aliphatic rings. The summed E-state index contributed by atoms with van der Waals surface area (Å²) in [4.78, 5) is 20.9. The largest absolute Gasteiger partial charge is 0.476 e. The van der Waals surface area contributed by atoms with Crippen LogP contribution in [0.2, 0.25) is 0 Å². The van der Waals surface area contributed by atoms with Crippen molar-refractivity contribution in [1.82, 2.24) is 9.97 Å². The second-order valence-electron chi connectivity index (χ2n) is 5.09. The molecule has 0 radical (unpaired) electrons. The van der Waals surface area contributed by atoms with Gasteiger partial charge in [-0.15, -0.1) is 0 Å². The monoisotopic (exact) mass is 249 g/mol. The summed E-state index contributed by atoms with van der Waals surface area (Å²) < 4.78 is 0. The Kier molecular flexibility index (Phi) is 3.79. The van der Waals surface area contributed by atoms with E-state index in [0.717, 1.165) is 11.7 Å². The van der Waals surface area contributed by atoms with Gasteiger partial charge in [0.05, 0.1) is 12.4 Å². The Morgan fingerprint density at radius 1 is 1.28 bits per heavy atom.